The number of hydrogen-bond donors (Lipinski definition) is 1. The number of rotatable bonds is 5. The van der Waals surface area contributed by atoms with Gasteiger partial charge in [0.05, 0.1) is 29.3 Å². The summed E-state index contributed by atoms with van der Waals surface area (Å²) in [4.78, 5) is 12.4. The highest BCUT2D eigenvalue weighted by Crippen LogP contribution is 2.21. The largest absolute Gasteiger partial charge is 0.319 e. The third-order valence-electron chi connectivity index (χ3n) is 4.87. The molecule has 0 aliphatic rings. The number of hydrogen-bond acceptors (Lipinski definition) is 3. The Bertz CT molecular complexity index is 1060. The number of aromatic nitrogens is 4. The summed E-state index contributed by atoms with van der Waals surface area (Å²) in [5.74, 6) is -0.197. The SMILES string of the molecule is Cc1nn(Cc2ccccc2Cl)c(C)c1/C=C/C(=O)Nc1c(C)nn(C)c1C. The molecule has 2 heterocycles. The number of benzene rings is 1. The lowest BCUT2D eigenvalue weighted by atomic mass is 10.1. The number of carbonyl (C=O) groups is 1. The average molecular weight is 398 g/mol. The molecule has 0 aliphatic heterocycles. The molecule has 0 bridgehead atoms. The fourth-order valence-corrected chi connectivity index (χ4v) is 3.37. The van der Waals surface area contributed by atoms with Crippen LogP contribution in [0.5, 0.6) is 0 Å². The van der Waals surface area contributed by atoms with Crippen LogP contribution in [0.1, 0.15) is 33.9 Å². The van der Waals surface area contributed by atoms with Crippen molar-refractivity contribution in [2.24, 2.45) is 7.05 Å². The smallest absolute Gasteiger partial charge is 0.248 e. The van der Waals surface area contributed by atoms with Gasteiger partial charge in [-0.25, -0.2) is 0 Å². The maximum absolute atomic E-state index is 12.4. The standard InChI is InChI=1S/C21H24ClN5O/c1-13-18(10-11-20(28)23-21-14(2)24-26(5)16(21)4)15(3)27(25-13)12-17-8-6-7-9-19(17)22/h6-11H,12H2,1-5H3,(H,23,28)/b11-10+. The van der Waals surface area contributed by atoms with E-state index in [2.05, 4.69) is 15.5 Å². The fraction of sp³-hybridized carbons (Fsp3) is 0.286. The van der Waals surface area contributed by atoms with Crippen molar-refractivity contribution in [3.63, 3.8) is 0 Å². The third-order valence-corrected chi connectivity index (χ3v) is 5.24. The van der Waals surface area contributed by atoms with Crippen LogP contribution in [0.25, 0.3) is 6.08 Å². The van der Waals surface area contributed by atoms with Crippen molar-refractivity contribution in [3.8, 4) is 0 Å². The monoisotopic (exact) mass is 397 g/mol. The molecule has 1 amide bonds. The summed E-state index contributed by atoms with van der Waals surface area (Å²) in [6.45, 7) is 8.30. The van der Waals surface area contributed by atoms with Gasteiger partial charge in [0.1, 0.15) is 0 Å². The number of amides is 1. The number of nitrogens with one attached hydrogen (secondary N) is 1. The van der Waals surface area contributed by atoms with Crippen LogP contribution >= 0.6 is 11.6 Å². The van der Waals surface area contributed by atoms with Crippen molar-refractivity contribution in [1.29, 1.82) is 0 Å². The van der Waals surface area contributed by atoms with Gasteiger partial charge in [-0.3, -0.25) is 14.2 Å². The van der Waals surface area contributed by atoms with Crippen LogP contribution in [0.3, 0.4) is 0 Å². The first-order valence-corrected chi connectivity index (χ1v) is 9.42. The zero-order valence-corrected chi connectivity index (χ0v) is 17.5. The Hall–Kier alpha value is -2.86. The van der Waals surface area contributed by atoms with Crippen molar-refractivity contribution < 1.29 is 4.79 Å². The van der Waals surface area contributed by atoms with E-state index in [1.165, 1.54) is 6.08 Å². The van der Waals surface area contributed by atoms with Crippen molar-refractivity contribution in [2.45, 2.75) is 34.2 Å². The molecular weight excluding hydrogens is 374 g/mol. The molecule has 0 spiro atoms. The fourth-order valence-electron chi connectivity index (χ4n) is 3.17. The van der Waals surface area contributed by atoms with Gasteiger partial charge in [0.15, 0.2) is 0 Å². The second-order valence-electron chi connectivity index (χ2n) is 6.83. The molecule has 146 valence electrons. The molecule has 28 heavy (non-hydrogen) atoms. The normalized spacial score (nSPS) is 11.4. The molecule has 6 nitrogen and oxygen atoms in total. The number of aryl methyl sites for hydroxylation is 3. The van der Waals surface area contributed by atoms with E-state index < -0.39 is 0 Å². The summed E-state index contributed by atoms with van der Waals surface area (Å²) in [7, 11) is 1.86. The first-order valence-electron chi connectivity index (χ1n) is 9.04. The Kier molecular flexibility index (Phi) is 5.70. The van der Waals surface area contributed by atoms with Crippen LogP contribution in [0, 0.1) is 27.7 Å². The van der Waals surface area contributed by atoms with Crippen molar-refractivity contribution in [3.05, 3.63) is 69.3 Å². The van der Waals surface area contributed by atoms with Crippen molar-refractivity contribution in [2.75, 3.05) is 5.32 Å². The quantitative estimate of drug-likeness (QED) is 0.656. The Balaban J connectivity index is 1.78. The van der Waals surface area contributed by atoms with E-state index in [0.29, 0.717) is 11.6 Å². The van der Waals surface area contributed by atoms with E-state index in [9.17, 15) is 4.79 Å². The molecule has 0 aliphatic carbocycles. The summed E-state index contributed by atoms with van der Waals surface area (Å²) >= 11 is 6.27. The number of halogens is 1. The lowest BCUT2D eigenvalue weighted by Crippen LogP contribution is -2.09. The van der Waals surface area contributed by atoms with E-state index in [4.69, 9.17) is 11.6 Å². The lowest BCUT2D eigenvalue weighted by molar-refractivity contribution is -0.111. The first kappa shape index (κ1) is 19.9. The Labute approximate surface area is 169 Å². The van der Waals surface area contributed by atoms with Crippen molar-refractivity contribution in [1.82, 2.24) is 19.6 Å². The van der Waals surface area contributed by atoms with Crippen LogP contribution in [0.2, 0.25) is 5.02 Å². The molecule has 0 saturated carbocycles. The van der Waals surface area contributed by atoms with Crippen LogP contribution in [0.4, 0.5) is 5.69 Å². The summed E-state index contributed by atoms with van der Waals surface area (Å²) in [6.07, 6.45) is 3.33. The highest BCUT2D eigenvalue weighted by Gasteiger charge is 2.13. The van der Waals surface area contributed by atoms with Gasteiger partial charge in [-0.2, -0.15) is 10.2 Å². The zero-order valence-electron chi connectivity index (χ0n) is 16.7. The van der Waals surface area contributed by atoms with Gasteiger partial charge in [0, 0.05) is 29.4 Å². The van der Waals surface area contributed by atoms with Crippen LogP contribution in [-0.2, 0) is 18.4 Å². The van der Waals surface area contributed by atoms with Gasteiger partial charge >= 0.3 is 0 Å². The third kappa shape index (κ3) is 4.02. The summed E-state index contributed by atoms with van der Waals surface area (Å²) in [6, 6.07) is 7.72. The van der Waals surface area contributed by atoms with Crippen LogP contribution in [0.15, 0.2) is 30.3 Å². The Morgan fingerprint density at radius 2 is 1.82 bits per heavy atom. The topological polar surface area (TPSA) is 64.7 Å². The summed E-state index contributed by atoms with van der Waals surface area (Å²) < 4.78 is 3.66. The van der Waals surface area contributed by atoms with Crippen LogP contribution < -0.4 is 5.32 Å². The maximum Gasteiger partial charge on any atom is 0.248 e. The molecule has 1 aromatic carbocycles. The highest BCUT2D eigenvalue weighted by atomic mass is 35.5. The molecule has 0 atom stereocenters. The van der Waals surface area contributed by atoms with Crippen LogP contribution in [-0.4, -0.2) is 25.5 Å². The second-order valence-corrected chi connectivity index (χ2v) is 7.23. The van der Waals surface area contributed by atoms with Gasteiger partial charge in [0.2, 0.25) is 5.91 Å². The highest BCUT2D eigenvalue weighted by molar-refractivity contribution is 6.31. The summed E-state index contributed by atoms with van der Waals surface area (Å²) in [5, 5.41) is 12.5. The van der Waals surface area contributed by atoms with E-state index in [1.54, 1.807) is 10.8 Å². The molecule has 1 N–H and O–H groups in total. The van der Waals surface area contributed by atoms with Gasteiger partial charge in [-0.15, -0.1) is 0 Å². The number of nitrogens with zero attached hydrogens (tertiary/aromatic N) is 4. The second kappa shape index (κ2) is 8.02. The Morgan fingerprint density at radius 1 is 1.11 bits per heavy atom. The van der Waals surface area contributed by atoms with E-state index in [1.807, 2.05) is 63.7 Å². The average Bonchev–Trinajstić information content (AvgIpc) is 3.04. The zero-order chi connectivity index (χ0) is 20.4. The summed E-state index contributed by atoms with van der Waals surface area (Å²) in [5.41, 5.74) is 6.24. The maximum atomic E-state index is 12.4. The minimum absolute atomic E-state index is 0.197. The molecule has 2 aromatic heterocycles. The van der Waals surface area contributed by atoms with Gasteiger partial charge < -0.3 is 5.32 Å². The first-order chi connectivity index (χ1) is 13.3. The predicted molar refractivity (Wildman–Crippen MR) is 113 cm³/mol. The molecule has 3 rings (SSSR count). The van der Waals surface area contributed by atoms with E-state index >= 15 is 0 Å². The number of anilines is 1. The Morgan fingerprint density at radius 3 is 2.46 bits per heavy atom. The van der Waals surface area contributed by atoms with Crippen molar-refractivity contribution >= 4 is 29.3 Å². The number of carbonyl (C=O) groups excluding carboxylic acids is 1. The molecule has 0 radical (unpaired) electrons. The molecule has 0 saturated heterocycles. The molecule has 0 unspecified atom stereocenters. The van der Waals surface area contributed by atoms with E-state index in [-0.39, 0.29) is 5.91 Å². The molecular formula is C21H24ClN5O. The molecule has 0 fully saturated rings. The molecule has 7 heteroatoms. The predicted octanol–water partition coefficient (Wildman–Crippen LogP) is 4.20. The minimum Gasteiger partial charge on any atom is -0.319 e. The van der Waals surface area contributed by atoms with Gasteiger partial charge in [-0.1, -0.05) is 29.8 Å². The molecule has 3 aromatic rings. The van der Waals surface area contributed by atoms with Gasteiger partial charge in [0.25, 0.3) is 0 Å². The lowest BCUT2D eigenvalue weighted by Gasteiger charge is -2.06. The van der Waals surface area contributed by atoms with E-state index in [0.717, 1.165) is 39.6 Å². The minimum atomic E-state index is -0.197. The van der Waals surface area contributed by atoms with Gasteiger partial charge in [-0.05, 0) is 45.4 Å².